The maximum absolute atomic E-state index is 10.5. The summed E-state index contributed by atoms with van der Waals surface area (Å²) in [4.78, 5) is 14.7. The van der Waals surface area contributed by atoms with Crippen LogP contribution in [0.4, 0.5) is 17.1 Å². The van der Waals surface area contributed by atoms with Crippen molar-refractivity contribution < 1.29 is 122 Å². The molecule has 9 nitrogen and oxygen atoms in total. The summed E-state index contributed by atoms with van der Waals surface area (Å²) < 4.78 is 0. The molecule has 6 saturated carbocycles. The maximum atomic E-state index is 10.5. The Bertz CT molecular complexity index is 3200. The Morgan fingerprint density at radius 2 is 0.509 bits per heavy atom. The van der Waals surface area contributed by atoms with Gasteiger partial charge in [-0.15, -0.1) is 18.2 Å². The first-order valence-electron chi connectivity index (χ1n) is 40.2. The van der Waals surface area contributed by atoms with Crippen molar-refractivity contribution in [3.8, 4) is 17.2 Å². The molecular weight excluding hydrogens is 1760 g/mol. The van der Waals surface area contributed by atoms with Crippen molar-refractivity contribution in [1.29, 1.82) is 0 Å². The van der Waals surface area contributed by atoms with E-state index in [0.717, 1.165) is 86.9 Å². The number of likely N-dealkylation sites (tertiary alicyclic amines) is 3. The summed E-state index contributed by atoms with van der Waals surface area (Å²) >= 11 is 0. The van der Waals surface area contributed by atoms with E-state index in [4.69, 9.17) is 0 Å². The molecule has 3 heterocycles. The molecule has 2 radical (unpaired) electrons. The minimum atomic E-state index is -1.67. The van der Waals surface area contributed by atoms with Gasteiger partial charge in [-0.1, -0.05) is 205 Å². The third kappa shape index (κ3) is 24.0. The molecule has 9 aliphatic rings. The molecule has 12 atom stereocenters. The van der Waals surface area contributed by atoms with Crippen LogP contribution in [0, 0.1) is 153 Å². The molecular formula is C93H144ErLuN6O3Si3Y-6. The molecule has 9 fully saturated rings. The quantitative estimate of drug-likeness (QED) is 0.0820. The summed E-state index contributed by atoms with van der Waals surface area (Å²) in [5.74, 6) is 7.16. The van der Waals surface area contributed by atoms with Crippen LogP contribution in [0.25, 0.3) is 0 Å². The zero-order chi connectivity index (χ0) is 72.9. The fraction of sp³-hybridized carbons (Fsp3) is 0.548. The van der Waals surface area contributed by atoms with Crippen molar-refractivity contribution in [3.05, 3.63) is 205 Å². The minimum Gasteiger partial charge on any atom is -0.508 e. The summed E-state index contributed by atoms with van der Waals surface area (Å²) in [5.41, 5.74) is 9.28. The molecule has 15 rings (SSSR count). The van der Waals surface area contributed by atoms with Crippen LogP contribution in [0.15, 0.2) is 146 Å². The number of phenolic OH excluding ortho intramolecular Hbond substituents is 3. The van der Waals surface area contributed by atoms with Crippen LogP contribution in [0.3, 0.4) is 0 Å². The van der Waals surface area contributed by atoms with Gasteiger partial charge in [-0.05, 0) is 244 Å². The number of aromatic hydroxyl groups is 3. The molecule has 0 aromatic heterocycles. The van der Waals surface area contributed by atoms with Crippen LogP contribution >= 0.6 is 0 Å². The first kappa shape index (κ1) is 98.2. The summed E-state index contributed by atoms with van der Waals surface area (Å²) in [6.45, 7) is 34.8. The van der Waals surface area contributed by atoms with E-state index in [9.17, 15) is 15.3 Å². The average molecular weight is 1910 g/mol. The van der Waals surface area contributed by atoms with Gasteiger partial charge in [-0.2, -0.15) is 55.7 Å². The Balaban J connectivity index is 0.000000282. The molecule has 0 amide bonds. The van der Waals surface area contributed by atoms with Crippen LogP contribution in [0.2, 0.25) is 55.9 Å². The van der Waals surface area contributed by atoms with Crippen molar-refractivity contribution in [2.75, 3.05) is 96.3 Å². The van der Waals surface area contributed by atoms with E-state index in [0.29, 0.717) is 17.2 Å². The minimum absolute atomic E-state index is 0. The second kappa shape index (κ2) is 46.0. The molecule has 6 aromatic rings. The van der Waals surface area contributed by atoms with Gasteiger partial charge >= 0.3 is 0 Å². The normalized spacial score (nSPS) is 25.6. The zero-order valence-electron chi connectivity index (χ0n) is 69.6. The number of hydrogen-bond donors (Lipinski definition) is 3. The third-order valence-electron chi connectivity index (χ3n) is 27.0. The monoisotopic (exact) mass is 1910 g/mol. The molecule has 6 aliphatic carbocycles. The standard InChI is InChI=1S/3C21H33NOSi.3C9H12N.3CH3.Er.Lu.Y/c3*1-24(2,20-12-6-5-11-19(20)23)21-15-18(22-13-7-8-14-22)16-9-3-4-10-17(16)21;3*1-8-6-4-5-7-9(8)10(2)3;;;;;;/h3*5-6,11-12,16-18,21,23H,3-4,7-10,13-15H2,1-2H3;3*4-7H,1H2,2-3H3;3*1H3;;;/q;;;6*-1;;;. The van der Waals surface area contributed by atoms with E-state index >= 15 is 0 Å². The Morgan fingerprint density at radius 3 is 0.704 bits per heavy atom. The van der Waals surface area contributed by atoms with Gasteiger partial charge in [-0.3, -0.25) is 0 Å². The van der Waals surface area contributed by atoms with E-state index < -0.39 is 24.2 Å². The van der Waals surface area contributed by atoms with Crippen LogP contribution in [-0.4, -0.2) is 154 Å². The van der Waals surface area contributed by atoms with Crippen LogP contribution in [0.5, 0.6) is 17.2 Å². The Kier molecular flexibility index (Phi) is 41.8. The van der Waals surface area contributed by atoms with Crippen LogP contribution < -0.4 is 30.3 Å². The predicted molar refractivity (Wildman–Crippen MR) is 466 cm³/mol. The van der Waals surface area contributed by atoms with Gasteiger partial charge in [0.05, 0.1) is 24.2 Å². The van der Waals surface area contributed by atoms with Gasteiger partial charge in [0.2, 0.25) is 0 Å². The largest absolute Gasteiger partial charge is 0.508 e. The van der Waals surface area contributed by atoms with E-state index in [2.05, 4.69) is 144 Å². The smallest absolute Gasteiger partial charge is 0.114 e. The summed E-state index contributed by atoms with van der Waals surface area (Å²) in [6.07, 6.45) is 29.8. The maximum Gasteiger partial charge on any atom is 0.114 e. The van der Waals surface area contributed by atoms with Gasteiger partial charge in [0.15, 0.2) is 0 Å². The number of anilines is 3. The third-order valence-corrected chi connectivity index (χ3v) is 40.0. The van der Waals surface area contributed by atoms with Gasteiger partial charge in [-0.25, -0.2) is 0 Å². The van der Waals surface area contributed by atoms with E-state index in [1.807, 2.05) is 133 Å². The molecule has 6 aromatic carbocycles. The average Bonchev–Trinajstić information content (AvgIpc) is 1.60. The second-order valence-corrected chi connectivity index (χ2v) is 48.8. The van der Waals surface area contributed by atoms with Crippen molar-refractivity contribution in [2.45, 2.75) is 209 Å². The van der Waals surface area contributed by atoms with Gasteiger partial charge < -0.3 is 67.0 Å². The number of nitrogens with zero attached hydrogens (tertiary/aromatic N) is 6. The van der Waals surface area contributed by atoms with Crippen molar-refractivity contribution in [1.82, 2.24) is 14.7 Å². The van der Waals surface area contributed by atoms with Gasteiger partial charge in [0, 0.05) is 125 Å². The molecule has 0 bridgehead atoms. The van der Waals surface area contributed by atoms with Crippen molar-refractivity contribution >= 4 is 56.8 Å². The SMILES string of the molecule is C[Si](C)(c1ccccc1O)C1CC(N2CCCC2)C2CCCCC21.C[Si](C)(c1ccccc1O)C1CC(N2CCCC2)C2CCCCC21.C[Si](C)(c1ccccc1O)C1CC(N2CCCC2)C2CCCCC21.[CH2-]c1ccccc1N(C)C.[CH2-]c1ccccc1N(C)C.[CH2-]c1ccccc1N(C)C.[CH3-].[CH3-].[CH3-].[Er].[Lu].[Y]. The van der Waals surface area contributed by atoms with Crippen LogP contribution in [-0.2, 0) is 32.7 Å². The molecule has 3 N–H and O–H groups in total. The van der Waals surface area contributed by atoms with Crippen molar-refractivity contribution in [3.63, 3.8) is 0 Å². The molecule has 15 heteroatoms. The summed E-state index contributed by atoms with van der Waals surface area (Å²) in [7, 11) is 7.10. The van der Waals surface area contributed by atoms with Gasteiger partial charge in [0.25, 0.3) is 0 Å². The fourth-order valence-electron chi connectivity index (χ4n) is 21.8. The Labute approximate surface area is 748 Å². The van der Waals surface area contributed by atoms with Crippen molar-refractivity contribution in [2.24, 2.45) is 35.5 Å². The number of rotatable bonds is 12. The Hall–Kier alpha value is -2.15. The molecule has 108 heavy (non-hydrogen) atoms. The fourth-order valence-corrected chi connectivity index (χ4v) is 33.7. The Morgan fingerprint density at radius 1 is 0.315 bits per heavy atom. The van der Waals surface area contributed by atoms with E-state index in [-0.39, 0.29) is 129 Å². The van der Waals surface area contributed by atoms with E-state index in [1.54, 1.807) is 0 Å². The number of phenols is 3. The molecule has 0 spiro atoms. The number of fused-ring (bicyclic) bond motifs is 3. The number of benzene rings is 6. The van der Waals surface area contributed by atoms with Crippen LogP contribution in [0.1, 0.15) is 152 Å². The number of para-hydroxylation sites is 6. The van der Waals surface area contributed by atoms with Gasteiger partial charge in [0.1, 0.15) is 17.2 Å². The summed E-state index contributed by atoms with van der Waals surface area (Å²) in [5, 5.41) is 35.4. The first-order chi connectivity index (χ1) is 48.9. The molecule has 612 valence electrons. The molecule has 3 saturated heterocycles. The second-order valence-electron chi connectivity index (χ2n) is 34.6. The van der Waals surface area contributed by atoms with E-state index in [1.165, 1.54) is 207 Å². The molecule has 12 unspecified atom stereocenters. The molecule has 3 aliphatic heterocycles. The number of hydrogen-bond acceptors (Lipinski definition) is 9. The summed E-state index contributed by atoms with van der Waals surface area (Å²) in [6, 6.07) is 51.3. The zero-order valence-corrected chi connectivity index (χ0v) is 79.0. The predicted octanol–water partition coefficient (Wildman–Crippen LogP) is 20.2. The topological polar surface area (TPSA) is 80.1 Å². The first-order valence-corrected chi connectivity index (χ1v) is 49.5.